The van der Waals surface area contributed by atoms with Gasteiger partial charge in [-0.3, -0.25) is 0 Å². The van der Waals surface area contributed by atoms with Crippen molar-refractivity contribution in [2.75, 3.05) is 6.54 Å². The summed E-state index contributed by atoms with van der Waals surface area (Å²) in [6, 6.07) is 0. The summed E-state index contributed by atoms with van der Waals surface area (Å²) in [6.07, 6.45) is 8.53. The van der Waals surface area contributed by atoms with E-state index in [1.807, 2.05) is 0 Å². The van der Waals surface area contributed by atoms with Gasteiger partial charge in [-0.25, -0.2) is 0 Å². The van der Waals surface area contributed by atoms with E-state index in [2.05, 4.69) is 0 Å². The van der Waals surface area contributed by atoms with Crippen molar-refractivity contribution in [3.05, 3.63) is 0 Å². The molecule has 4 atom stereocenters. The smallest absolute Gasteiger partial charge is 0.0718 e. The third-order valence-corrected chi connectivity index (χ3v) is 4.47. The van der Waals surface area contributed by atoms with Crippen molar-refractivity contribution in [2.24, 2.45) is 17.6 Å². The Morgan fingerprint density at radius 3 is 2.77 bits per heavy atom. The van der Waals surface area contributed by atoms with E-state index in [0.29, 0.717) is 11.7 Å². The molecule has 3 aliphatic rings. The predicted octanol–water partition coefficient (Wildman–Crippen LogP) is 1.68. The number of hydrogen-bond donors (Lipinski definition) is 1. The third-order valence-electron chi connectivity index (χ3n) is 4.47. The molecule has 1 heterocycles. The van der Waals surface area contributed by atoms with Crippen LogP contribution in [0.15, 0.2) is 0 Å². The zero-order chi connectivity index (χ0) is 8.89. The molecule has 0 aromatic heterocycles. The molecule has 3 rings (SSSR count). The second kappa shape index (κ2) is 2.71. The van der Waals surface area contributed by atoms with E-state index >= 15 is 0 Å². The molecule has 0 amide bonds. The summed E-state index contributed by atoms with van der Waals surface area (Å²) in [5, 5.41) is 0. The van der Waals surface area contributed by atoms with E-state index in [9.17, 15) is 0 Å². The molecule has 0 aromatic rings. The number of ether oxygens (including phenoxy) is 1. The Balaban J connectivity index is 1.77. The molecule has 2 nitrogen and oxygen atoms in total. The van der Waals surface area contributed by atoms with Crippen molar-refractivity contribution in [2.45, 2.75) is 50.2 Å². The maximum absolute atomic E-state index is 6.17. The SMILES string of the molecule is NCC1CCC2(CC3CCC2C3)O1. The Morgan fingerprint density at radius 1 is 1.31 bits per heavy atom. The molecular weight excluding hydrogens is 162 g/mol. The minimum Gasteiger partial charge on any atom is -0.370 e. The van der Waals surface area contributed by atoms with Crippen molar-refractivity contribution < 1.29 is 4.74 Å². The van der Waals surface area contributed by atoms with E-state index < -0.39 is 0 Å². The van der Waals surface area contributed by atoms with Crippen LogP contribution in [0.2, 0.25) is 0 Å². The van der Waals surface area contributed by atoms with Crippen LogP contribution in [0.3, 0.4) is 0 Å². The monoisotopic (exact) mass is 181 g/mol. The molecule has 1 spiro atoms. The van der Waals surface area contributed by atoms with E-state index in [1.54, 1.807) is 0 Å². The van der Waals surface area contributed by atoms with E-state index in [-0.39, 0.29) is 0 Å². The largest absolute Gasteiger partial charge is 0.370 e. The van der Waals surface area contributed by atoms with Crippen LogP contribution in [-0.4, -0.2) is 18.2 Å². The van der Waals surface area contributed by atoms with Gasteiger partial charge in [-0.2, -0.15) is 0 Å². The fourth-order valence-electron chi connectivity index (χ4n) is 3.87. The quantitative estimate of drug-likeness (QED) is 0.668. The molecule has 13 heavy (non-hydrogen) atoms. The highest BCUT2D eigenvalue weighted by atomic mass is 16.5. The minimum absolute atomic E-state index is 0.299. The summed E-state index contributed by atoms with van der Waals surface area (Å²) in [7, 11) is 0. The molecule has 2 bridgehead atoms. The second-order valence-corrected chi connectivity index (χ2v) is 5.16. The summed E-state index contributed by atoms with van der Waals surface area (Å²) in [5.41, 5.74) is 5.96. The Kier molecular flexibility index (Phi) is 1.72. The Morgan fingerprint density at radius 2 is 2.23 bits per heavy atom. The highest BCUT2D eigenvalue weighted by molar-refractivity contribution is 5.05. The summed E-state index contributed by atoms with van der Waals surface area (Å²) < 4.78 is 6.17. The lowest BCUT2D eigenvalue weighted by atomic mass is 9.82. The van der Waals surface area contributed by atoms with Crippen LogP contribution >= 0.6 is 0 Å². The standard InChI is InChI=1S/C11H19NO/c12-7-10-3-4-11(13-10)6-8-1-2-9(11)5-8/h8-10H,1-7,12H2. The molecule has 2 saturated carbocycles. The van der Waals surface area contributed by atoms with Crippen molar-refractivity contribution in [1.82, 2.24) is 0 Å². The van der Waals surface area contributed by atoms with Gasteiger partial charge >= 0.3 is 0 Å². The highest BCUT2D eigenvalue weighted by Crippen LogP contribution is 2.57. The van der Waals surface area contributed by atoms with E-state index in [4.69, 9.17) is 10.5 Å². The Hall–Kier alpha value is -0.0800. The summed E-state index contributed by atoms with van der Waals surface area (Å²) in [6.45, 7) is 0.721. The van der Waals surface area contributed by atoms with Gasteiger partial charge in [-0.1, -0.05) is 0 Å². The second-order valence-electron chi connectivity index (χ2n) is 5.16. The lowest BCUT2D eigenvalue weighted by molar-refractivity contribution is -0.0725. The third kappa shape index (κ3) is 1.08. The summed E-state index contributed by atoms with van der Waals surface area (Å²) in [5.74, 6) is 1.87. The number of rotatable bonds is 1. The molecule has 0 radical (unpaired) electrons. The summed E-state index contributed by atoms with van der Waals surface area (Å²) in [4.78, 5) is 0. The van der Waals surface area contributed by atoms with E-state index in [1.165, 1.54) is 38.5 Å². The molecule has 74 valence electrons. The summed E-state index contributed by atoms with van der Waals surface area (Å²) >= 11 is 0. The maximum Gasteiger partial charge on any atom is 0.0718 e. The van der Waals surface area contributed by atoms with Crippen LogP contribution in [0.1, 0.15) is 38.5 Å². The average molecular weight is 181 g/mol. The fraction of sp³-hybridized carbons (Fsp3) is 1.00. The first-order valence-corrected chi connectivity index (χ1v) is 5.70. The zero-order valence-corrected chi connectivity index (χ0v) is 8.17. The first-order chi connectivity index (χ1) is 6.32. The molecule has 1 saturated heterocycles. The van der Waals surface area contributed by atoms with Crippen molar-refractivity contribution in [1.29, 1.82) is 0 Å². The molecule has 2 aliphatic carbocycles. The highest BCUT2D eigenvalue weighted by Gasteiger charge is 2.54. The number of nitrogens with two attached hydrogens (primary N) is 1. The van der Waals surface area contributed by atoms with Gasteiger partial charge in [0, 0.05) is 6.54 Å². The topological polar surface area (TPSA) is 35.2 Å². The van der Waals surface area contributed by atoms with Crippen molar-refractivity contribution in [3.8, 4) is 0 Å². The molecule has 0 aromatic carbocycles. The predicted molar refractivity (Wildman–Crippen MR) is 51.3 cm³/mol. The lowest BCUT2D eigenvalue weighted by Crippen LogP contribution is -2.36. The van der Waals surface area contributed by atoms with Gasteiger partial charge in [0.05, 0.1) is 11.7 Å². The number of hydrogen-bond acceptors (Lipinski definition) is 2. The van der Waals surface area contributed by atoms with Crippen LogP contribution < -0.4 is 5.73 Å². The van der Waals surface area contributed by atoms with Crippen LogP contribution in [0.25, 0.3) is 0 Å². The number of fused-ring (bicyclic) bond motifs is 3. The minimum atomic E-state index is 0.299. The van der Waals surface area contributed by atoms with Gasteiger partial charge in [0.15, 0.2) is 0 Å². The maximum atomic E-state index is 6.17. The van der Waals surface area contributed by atoms with Gasteiger partial charge < -0.3 is 10.5 Å². The Bertz CT molecular complexity index is 218. The van der Waals surface area contributed by atoms with Gasteiger partial charge in [0.1, 0.15) is 0 Å². The van der Waals surface area contributed by atoms with Gasteiger partial charge in [-0.05, 0) is 50.4 Å². The van der Waals surface area contributed by atoms with Crippen LogP contribution in [-0.2, 0) is 4.74 Å². The van der Waals surface area contributed by atoms with Crippen molar-refractivity contribution >= 4 is 0 Å². The molecular formula is C11H19NO. The molecule has 3 fully saturated rings. The molecule has 2 N–H and O–H groups in total. The van der Waals surface area contributed by atoms with Crippen LogP contribution in [0.4, 0.5) is 0 Å². The van der Waals surface area contributed by atoms with Gasteiger partial charge in [0.25, 0.3) is 0 Å². The molecule has 4 unspecified atom stereocenters. The first kappa shape index (κ1) is 8.25. The molecule has 2 heteroatoms. The van der Waals surface area contributed by atoms with Gasteiger partial charge in [-0.15, -0.1) is 0 Å². The van der Waals surface area contributed by atoms with Crippen molar-refractivity contribution in [3.63, 3.8) is 0 Å². The fourth-order valence-corrected chi connectivity index (χ4v) is 3.87. The average Bonchev–Trinajstić information content (AvgIpc) is 2.80. The van der Waals surface area contributed by atoms with E-state index in [0.717, 1.165) is 18.4 Å². The Labute approximate surface area is 79.8 Å². The first-order valence-electron chi connectivity index (χ1n) is 5.70. The lowest BCUT2D eigenvalue weighted by Gasteiger charge is -2.33. The van der Waals surface area contributed by atoms with Crippen LogP contribution in [0, 0.1) is 11.8 Å². The zero-order valence-electron chi connectivity index (χ0n) is 8.17. The molecule has 1 aliphatic heterocycles. The van der Waals surface area contributed by atoms with Crippen LogP contribution in [0.5, 0.6) is 0 Å². The normalized spacial score (nSPS) is 53.8. The van der Waals surface area contributed by atoms with Gasteiger partial charge in [0.2, 0.25) is 0 Å².